The standard InChI is InChI=1S/C27H32N6O3/c1-16-19-10-9-17(12-22(19)32(6)30-16)25(34)29-24-14-21-18(15-28-24)13-23(20-8-7-11-31(20)5)33(21)26(35)36-27(2,3)4/h9-10,12-15,20H,7-8,11H2,1-6H3,(H,28,29,34)/t20-/m1/s1. The predicted octanol–water partition coefficient (Wildman–Crippen LogP) is 5.03. The summed E-state index contributed by atoms with van der Waals surface area (Å²) in [5.74, 6) is 0.0803. The molecule has 1 fully saturated rings. The zero-order valence-corrected chi connectivity index (χ0v) is 21.6. The van der Waals surface area contributed by atoms with Crippen LogP contribution in [0.15, 0.2) is 36.5 Å². The van der Waals surface area contributed by atoms with E-state index in [-0.39, 0.29) is 11.9 Å². The Morgan fingerprint density at radius 1 is 1.11 bits per heavy atom. The molecule has 1 saturated heterocycles. The van der Waals surface area contributed by atoms with E-state index in [1.54, 1.807) is 27.6 Å². The minimum atomic E-state index is -0.639. The summed E-state index contributed by atoms with van der Waals surface area (Å²) in [7, 11) is 3.93. The minimum absolute atomic E-state index is 0.108. The summed E-state index contributed by atoms with van der Waals surface area (Å²) in [6.07, 6.45) is 3.28. The van der Waals surface area contributed by atoms with E-state index < -0.39 is 11.7 Å². The molecule has 0 spiro atoms. The van der Waals surface area contributed by atoms with Gasteiger partial charge in [0.15, 0.2) is 0 Å². The highest BCUT2D eigenvalue weighted by Crippen LogP contribution is 2.35. The fraction of sp³-hybridized carbons (Fsp3) is 0.407. The molecular weight excluding hydrogens is 456 g/mol. The predicted molar refractivity (Wildman–Crippen MR) is 139 cm³/mol. The molecular formula is C27H32N6O3. The third kappa shape index (κ3) is 4.35. The van der Waals surface area contributed by atoms with Crippen molar-refractivity contribution >= 4 is 39.6 Å². The van der Waals surface area contributed by atoms with Crippen molar-refractivity contribution in [3.05, 3.63) is 53.5 Å². The van der Waals surface area contributed by atoms with Crippen molar-refractivity contribution in [1.82, 2.24) is 24.2 Å². The average Bonchev–Trinajstić information content (AvgIpc) is 3.47. The Labute approximate surface area is 210 Å². The third-order valence-electron chi connectivity index (χ3n) is 6.69. The van der Waals surface area contributed by atoms with E-state index in [9.17, 15) is 9.59 Å². The molecule has 4 aromatic rings. The van der Waals surface area contributed by atoms with E-state index in [0.717, 1.165) is 47.1 Å². The summed E-state index contributed by atoms with van der Waals surface area (Å²) < 4.78 is 9.16. The van der Waals surface area contributed by atoms with Gasteiger partial charge in [-0.2, -0.15) is 5.10 Å². The number of amides is 1. The van der Waals surface area contributed by atoms with Crippen LogP contribution in [0.4, 0.5) is 10.6 Å². The topological polar surface area (TPSA) is 94.3 Å². The Hall–Kier alpha value is -3.72. The first-order chi connectivity index (χ1) is 17.0. The van der Waals surface area contributed by atoms with Gasteiger partial charge in [0.05, 0.1) is 22.8 Å². The van der Waals surface area contributed by atoms with Crippen LogP contribution in [-0.2, 0) is 11.8 Å². The number of pyridine rings is 1. The zero-order valence-electron chi connectivity index (χ0n) is 21.6. The Morgan fingerprint density at radius 2 is 1.89 bits per heavy atom. The molecule has 1 N–H and O–H groups in total. The number of hydrogen-bond acceptors (Lipinski definition) is 6. The number of likely N-dealkylation sites (tertiary alicyclic amines) is 1. The molecule has 1 aromatic carbocycles. The lowest BCUT2D eigenvalue weighted by molar-refractivity contribution is 0.0534. The number of aryl methyl sites for hydroxylation is 2. The van der Waals surface area contributed by atoms with Crippen molar-refractivity contribution in [3.63, 3.8) is 0 Å². The molecule has 1 aliphatic heterocycles. The lowest BCUT2D eigenvalue weighted by atomic mass is 10.1. The molecule has 9 nitrogen and oxygen atoms in total. The third-order valence-corrected chi connectivity index (χ3v) is 6.69. The van der Waals surface area contributed by atoms with Gasteiger partial charge in [-0.1, -0.05) is 6.07 Å². The molecule has 0 radical (unpaired) electrons. The number of nitrogens with zero attached hydrogens (tertiary/aromatic N) is 5. The summed E-state index contributed by atoms with van der Waals surface area (Å²) in [5, 5.41) is 9.14. The lowest BCUT2D eigenvalue weighted by Gasteiger charge is -2.24. The van der Waals surface area contributed by atoms with Crippen LogP contribution in [0.3, 0.4) is 0 Å². The molecule has 0 aliphatic carbocycles. The van der Waals surface area contributed by atoms with Crippen molar-refractivity contribution in [3.8, 4) is 0 Å². The first-order valence-corrected chi connectivity index (χ1v) is 12.2. The monoisotopic (exact) mass is 488 g/mol. The number of carbonyl (C=O) groups is 2. The highest BCUT2D eigenvalue weighted by molar-refractivity contribution is 6.06. The quantitative estimate of drug-likeness (QED) is 0.435. The number of anilines is 1. The van der Waals surface area contributed by atoms with E-state index >= 15 is 0 Å². The van der Waals surface area contributed by atoms with Crippen LogP contribution in [0.2, 0.25) is 0 Å². The number of ether oxygens (including phenoxy) is 1. The first kappa shape index (κ1) is 24.0. The van der Waals surface area contributed by atoms with Crippen LogP contribution in [-0.4, -0.2) is 55.4 Å². The Kier molecular flexibility index (Phi) is 5.83. The highest BCUT2D eigenvalue weighted by Gasteiger charge is 2.30. The molecule has 3 aromatic heterocycles. The van der Waals surface area contributed by atoms with Crippen LogP contribution < -0.4 is 5.32 Å². The number of fused-ring (bicyclic) bond motifs is 2. The number of benzene rings is 1. The number of aromatic nitrogens is 4. The van der Waals surface area contributed by atoms with E-state index in [0.29, 0.717) is 16.9 Å². The van der Waals surface area contributed by atoms with Crippen molar-refractivity contribution < 1.29 is 14.3 Å². The van der Waals surface area contributed by atoms with Crippen molar-refractivity contribution in [2.24, 2.45) is 7.05 Å². The van der Waals surface area contributed by atoms with Gasteiger partial charge in [0.1, 0.15) is 11.4 Å². The van der Waals surface area contributed by atoms with E-state index in [1.165, 1.54) is 0 Å². The number of rotatable bonds is 3. The Bertz CT molecular complexity index is 1490. The molecule has 188 valence electrons. The summed E-state index contributed by atoms with van der Waals surface area (Å²) in [4.78, 5) is 33.1. The maximum atomic E-state index is 13.3. The molecule has 9 heteroatoms. The van der Waals surface area contributed by atoms with Gasteiger partial charge in [-0.15, -0.1) is 0 Å². The molecule has 1 atom stereocenters. The number of hydrogen-bond donors (Lipinski definition) is 1. The largest absolute Gasteiger partial charge is 0.443 e. The minimum Gasteiger partial charge on any atom is -0.443 e. The van der Waals surface area contributed by atoms with Crippen LogP contribution in [0, 0.1) is 6.92 Å². The molecule has 5 rings (SSSR count). The second-order valence-corrected chi connectivity index (χ2v) is 10.5. The first-order valence-electron chi connectivity index (χ1n) is 12.2. The van der Waals surface area contributed by atoms with Crippen LogP contribution in [0.25, 0.3) is 21.8 Å². The molecule has 1 amide bonds. The van der Waals surface area contributed by atoms with E-state index in [1.807, 2.05) is 52.9 Å². The second-order valence-electron chi connectivity index (χ2n) is 10.5. The maximum Gasteiger partial charge on any atom is 0.419 e. The fourth-order valence-corrected chi connectivity index (χ4v) is 5.00. The van der Waals surface area contributed by atoms with Crippen molar-refractivity contribution in [2.45, 2.75) is 52.2 Å². The van der Waals surface area contributed by atoms with Crippen molar-refractivity contribution in [2.75, 3.05) is 18.9 Å². The van der Waals surface area contributed by atoms with Crippen LogP contribution in [0.1, 0.15) is 61.4 Å². The van der Waals surface area contributed by atoms with Gasteiger partial charge in [-0.25, -0.2) is 14.3 Å². The smallest absolute Gasteiger partial charge is 0.419 e. The SMILES string of the molecule is Cc1nn(C)c2cc(C(=O)Nc3cc4c(cn3)cc([C@H]3CCCN3C)n4C(=O)OC(C)(C)C)ccc12. The van der Waals surface area contributed by atoms with Gasteiger partial charge in [0, 0.05) is 41.3 Å². The lowest BCUT2D eigenvalue weighted by Crippen LogP contribution is -2.30. The molecule has 0 bridgehead atoms. The summed E-state index contributed by atoms with van der Waals surface area (Å²) >= 11 is 0. The molecule has 36 heavy (non-hydrogen) atoms. The Balaban J connectivity index is 1.52. The normalized spacial score (nSPS) is 16.7. The van der Waals surface area contributed by atoms with E-state index in [2.05, 4.69) is 27.3 Å². The summed E-state index contributed by atoms with van der Waals surface area (Å²) in [6, 6.07) is 9.35. The molecule has 0 saturated carbocycles. The number of carbonyl (C=O) groups excluding carboxylic acids is 2. The highest BCUT2D eigenvalue weighted by atomic mass is 16.6. The average molecular weight is 489 g/mol. The van der Waals surface area contributed by atoms with Crippen LogP contribution in [0.5, 0.6) is 0 Å². The van der Waals surface area contributed by atoms with Gasteiger partial charge in [0.2, 0.25) is 0 Å². The second kappa shape index (κ2) is 8.74. The zero-order chi connectivity index (χ0) is 25.8. The van der Waals surface area contributed by atoms with Crippen molar-refractivity contribution in [1.29, 1.82) is 0 Å². The molecule has 0 unspecified atom stereocenters. The van der Waals surface area contributed by atoms with Gasteiger partial charge in [-0.05, 0) is 72.3 Å². The Morgan fingerprint density at radius 3 is 2.58 bits per heavy atom. The fourth-order valence-electron chi connectivity index (χ4n) is 5.00. The van der Waals surface area contributed by atoms with E-state index in [4.69, 9.17) is 4.74 Å². The van der Waals surface area contributed by atoms with Gasteiger partial charge in [0.25, 0.3) is 5.91 Å². The van der Waals surface area contributed by atoms with Gasteiger partial charge >= 0.3 is 6.09 Å². The van der Waals surface area contributed by atoms with Gasteiger partial charge < -0.3 is 10.1 Å². The molecule has 1 aliphatic rings. The summed E-state index contributed by atoms with van der Waals surface area (Å²) in [5.41, 5.74) is 3.19. The maximum absolute atomic E-state index is 13.3. The summed E-state index contributed by atoms with van der Waals surface area (Å²) in [6.45, 7) is 8.47. The van der Waals surface area contributed by atoms with Gasteiger partial charge in [-0.3, -0.25) is 14.4 Å². The van der Waals surface area contributed by atoms with Crippen LogP contribution >= 0.6 is 0 Å². The molecule has 4 heterocycles. The number of nitrogens with one attached hydrogen (secondary N) is 1.